The molecule has 2 aromatic rings. The third-order valence-corrected chi connectivity index (χ3v) is 6.07. The van der Waals surface area contributed by atoms with Crippen molar-refractivity contribution in [3.63, 3.8) is 0 Å². The fourth-order valence-electron chi connectivity index (χ4n) is 4.04. The first-order valence-corrected chi connectivity index (χ1v) is 10.2. The smallest absolute Gasteiger partial charge is 0.141 e. The maximum Gasteiger partial charge on any atom is 0.141 e. The van der Waals surface area contributed by atoms with E-state index in [4.69, 9.17) is 10.7 Å². The molecule has 0 atom stereocenters. The summed E-state index contributed by atoms with van der Waals surface area (Å²) in [6.07, 6.45) is 10.3. The summed E-state index contributed by atoms with van der Waals surface area (Å²) in [5, 5.41) is 0. The van der Waals surface area contributed by atoms with Crippen molar-refractivity contribution in [2.45, 2.75) is 50.9 Å². The lowest BCUT2D eigenvalue weighted by atomic mass is 9.77. The number of hydrogen-bond acceptors (Lipinski definition) is 5. The van der Waals surface area contributed by atoms with Crippen molar-refractivity contribution in [2.24, 2.45) is 15.9 Å². The number of amidine groups is 1. The van der Waals surface area contributed by atoms with E-state index in [1.54, 1.807) is 0 Å². The highest BCUT2D eigenvalue weighted by atomic mass is 19.1. The first-order chi connectivity index (χ1) is 13.7. The highest BCUT2D eigenvalue weighted by Crippen LogP contribution is 2.41. The van der Waals surface area contributed by atoms with Crippen LogP contribution >= 0.6 is 0 Å². The average Bonchev–Trinajstić information content (AvgIpc) is 3.40. The molecule has 2 saturated carbocycles. The molecular weight excluding hydrogens is 353 g/mol. The molecule has 0 saturated heterocycles. The van der Waals surface area contributed by atoms with Gasteiger partial charge >= 0.3 is 0 Å². The Bertz CT molecular complexity index is 956. The number of nitrogens with two attached hydrogens (primary N) is 1. The number of nitrogens with zero attached hydrogens (tertiary/aromatic N) is 4. The minimum absolute atomic E-state index is 0.176. The van der Waals surface area contributed by atoms with Crippen LogP contribution < -0.4 is 5.73 Å². The van der Waals surface area contributed by atoms with Gasteiger partial charge in [-0.15, -0.1) is 0 Å². The number of halogens is 1. The van der Waals surface area contributed by atoms with E-state index in [-0.39, 0.29) is 5.82 Å². The van der Waals surface area contributed by atoms with Crippen LogP contribution in [0.1, 0.15) is 55.6 Å². The number of rotatable bonds is 6. The van der Waals surface area contributed by atoms with Crippen molar-refractivity contribution in [1.82, 2.24) is 9.97 Å². The average molecular weight is 377 g/mol. The summed E-state index contributed by atoms with van der Waals surface area (Å²) < 4.78 is 15.6. The summed E-state index contributed by atoms with van der Waals surface area (Å²) in [6.45, 7) is 0.676. The molecule has 2 heterocycles. The Balaban J connectivity index is 1.43. The van der Waals surface area contributed by atoms with E-state index in [2.05, 4.69) is 21.0 Å². The van der Waals surface area contributed by atoms with Gasteiger partial charge in [0.1, 0.15) is 17.5 Å². The molecule has 0 unspecified atom stereocenters. The summed E-state index contributed by atoms with van der Waals surface area (Å²) in [5.41, 5.74) is 9.68. The van der Waals surface area contributed by atoms with Gasteiger partial charge in [0, 0.05) is 17.2 Å². The van der Waals surface area contributed by atoms with Gasteiger partial charge in [-0.3, -0.25) is 9.98 Å². The Morgan fingerprint density at radius 3 is 2.54 bits per heavy atom. The molecule has 0 amide bonds. The summed E-state index contributed by atoms with van der Waals surface area (Å²) in [7, 11) is 0. The molecule has 0 bridgehead atoms. The van der Waals surface area contributed by atoms with Crippen LogP contribution in [0.25, 0.3) is 11.3 Å². The molecule has 3 aliphatic rings. The van der Waals surface area contributed by atoms with Crippen molar-refractivity contribution in [3.05, 3.63) is 41.5 Å². The van der Waals surface area contributed by atoms with Crippen LogP contribution in [0.5, 0.6) is 0 Å². The number of benzene rings is 1. The summed E-state index contributed by atoms with van der Waals surface area (Å²) in [6, 6.07) is 3.92. The van der Waals surface area contributed by atoms with Crippen molar-refractivity contribution in [2.75, 3.05) is 12.3 Å². The molecule has 6 heteroatoms. The topological polar surface area (TPSA) is 76.5 Å². The fraction of sp³-hybridized carbons (Fsp3) is 0.455. The van der Waals surface area contributed by atoms with Gasteiger partial charge in [-0.25, -0.2) is 14.4 Å². The van der Waals surface area contributed by atoms with E-state index >= 15 is 4.39 Å². The van der Waals surface area contributed by atoms with E-state index in [1.165, 1.54) is 31.7 Å². The zero-order valence-corrected chi connectivity index (χ0v) is 15.9. The summed E-state index contributed by atoms with van der Waals surface area (Å²) in [5.74, 6) is 2.22. The number of aromatic nitrogens is 2. The Labute approximate surface area is 164 Å². The van der Waals surface area contributed by atoms with Gasteiger partial charge in [-0.2, -0.15) is 0 Å². The molecule has 5 nitrogen and oxygen atoms in total. The van der Waals surface area contributed by atoms with Crippen LogP contribution in [0.2, 0.25) is 0 Å². The maximum atomic E-state index is 15.6. The van der Waals surface area contributed by atoms with Crippen LogP contribution in [0.4, 0.5) is 10.2 Å². The monoisotopic (exact) mass is 377 g/mol. The summed E-state index contributed by atoms with van der Waals surface area (Å²) in [4.78, 5) is 17.6. The zero-order valence-electron chi connectivity index (χ0n) is 15.9. The number of nitrogen functional groups attached to an aromatic ring is 1. The third kappa shape index (κ3) is 3.32. The Morgan fingerprint density at radius 2 is 1.86 bits per heavy atom. The van der Waals surface area contributed by atoms with Crippen LogP contribution in [0.3, 0.4) is 0 Å². The van der Waals surface area contributed by atoms with E-state index < -0.39 is 0 Å². The van der Waals surface area contributed by atoms with Gasteiger partial charge in [0.25, 0.3) is 0 Å². The van der Waals surface area contributed by atoms with Gasteiger partial charge in [-0.1, -0.05) is 12.5 Å². The maximum absolute atomic E-state index is 15.6. The summed E-state index contributed by atoms with van der Waals surface area (Å²) >= 11 is 0. The molecule has 0 spiro atoms. The van der Waals surface area contributed by atoms with Gasteiger partial charge in [-0.05, 0) is 61.6 Å². The normalized spacial score (nSPS) is 19.3. The lowest BCUT2D eigenvalue weighted by Gasteiger charge is -2.28. The number of hydrogen-bond donors (Lipinski definition) is 1. The van der Waals surface area contributed by atoms with Gasteiger partial charge in [0.2, 0.25) is 0 Å². The lowest BCUT2D eigenvalue weighted by Crippen LogP contribution is -2.14. The fourth-order valence-corrected chi connectivity index (χ4v) is 4.04. The largest absolute Gasteiger partial charge is 0.382 e. The van der Waals surface area contributed by atoms with E-state index in [0.29, 0.717) is 41.9 Å². The molecule has 1 aromatic heterocycles. The molecule has 2 fully saturated rings. The van der Waals surface area contributed by atoms with E-state index in [9.17, 15) is 0 Å². The second kappa shape index (κ2) is 7.08. The molecule has 2 N–H and O–H groups in total. The van der Waals surface area contributed by atoms with Crippen LogP contribution in [-0.4, -0.2) is 28.1 Å². The molecule has 28 heavy (non-hydrogen) atoms. The first-order valence-electron chi connectivity index (χ1n) is 10.2. The molecule has 0 radical (unpaired) electrons. The van der Waals surface area contributed by atoms with Crippen molar-refractivity contribution in [3.8, 4) is 11.3 Å². The molecule has 1 aromatic carbocycles. The van der Waals surface area contributed by atoms with E-state index in [0.717, 1.165) is 41.9 Å². The number of anilines is 1. The second-order valence-electron chi connectivity index (χ2n) is 8.08. The minimum atomic E-state index is -0.176. The third-order valence-electron chi connectivity index (χ3n) is 6.07. The van der Waals surface area contributed by atoms with Crippen molar-refractivity contribution >= 4 is 17.4 Å². The molecule has 5 rings (SSSR count). The predicted molar refractivity (Wildman–Crippen MR) is 109 cm³/mol. The molecule has 2 aliphatic carbocycles. The molecular formula is C22H24FN5. The zero-order chi connectivity index (χ0) is 19.1. The minimum Gasteiger partial charge on any atom is -0.382 e. The Hall–Kier alpha value is -2.63. The quantitative estimate of drug-likeness (QED) is 0.814. The second-order valence-corrected chi connectivity index (χ2v) is 8.08. The Morgan fingerprint density at radius 1 is 1.00 bits per heavy atom. The first kappa shape index (κ1) is 17.5. The van der Waals surface area contributed by atoms with Crippen molar-refractivity contribution in [1.29, 1.82) is 0 Å². The predicted octanol–water partition coefficient (Wildman–Crippen LogP) is 4.33. The standard InChI is InChI=1S/C22H24FN5/c23-21-17(7-6-15-10-27-22(28-15)14-4-5-14)16(13-2-1-3-13)8-9-18(21)19-11-26-20(24)12-25-19/h8-9,11-14H,1-7,10H2,(H2,24,26). The van der Waals surface area contributed by atoms with Gasteiger partial charge in [0.05, 0.1) is 24.6 Å². The van der Waals surface area contributed by atoms with Crippen LogP contribution in [0, 0.1) is 11.7 Å². The van der Waals surface area contributed by atoms with E-state index in [1.807, 2.05) is 6.07 Å². The van der Waals surface area contributed by atoms with Crippen LogP contribution in [0.15, 0.2) is 34.5 Å². The van der Waals surface area contributed by atoms with Gasteiger partial charge < -0.3 is 5.73 Å². The van der Waals surface area contributed by atoms with Gasteiger partial charge in [0.15, 0.2) is 0 Å². The lowest BCUT2D eigenvalue weighted by molar-refractivity contribution is 0.414. The highest BCUT2D eigenvalue weighted by Gasteiger charge is 2.30. The number of aliphatic imine (C=N–C) groups is 2. The van der Waals surface area contributed by atoms with Crippen molar-refractivity contribution < 1.29 is 4.39 Å². The Kier molecular flexibility index (Phi) is 4.41. The highest BCUT2D eigenvalue weighted by molar-refractivity contribution is 6.05. The molecule has 1 aliphatic heterocycles. The molecule has 144 valence electrons. The SMILES string of the molecule is Nc1cnc(-c2ccc(C3CCC3)c(CCC3=NC(C4CC4)=NC3)c2F)cn1. The van der Waals surface area contributed by atoms with Crippen LogP contribution in [-0.2, 0) is 6.42 Å².